The maximum absolute atomic E-state index is 11.3. The topological polar surface area (TPSA) is 89.9 Å². The number of carbonyl (C=O) groups excluding carboxylic acids is 2. The minimum atomic E-state index is -0.881. The number of carboxylic acids is 1. The van der Waals surface area contributed by atoms with Gasteiger partial charge in [0.25, 0.3) is 0 Å². The highest BCUT2D eigenvalue weighted by molar-refractivity contribution is 5.87. The van der Waals surface area contributed by atoms with Crippen LogP contribution in [0, 0.1) is 0 Å². The third kappa shape index (κ3) is 9.82. The standard InChI is InChI=1S/C13H20O6/c1-9(2)13(17)19-10(3)8-18-12(16)7-5-4-6-11(14)15/h10H,1,4-8H2,2-3H3,(H,14,15). The van der Waals surface area contributed by atoms with Crippen LogP contribution in [0.5, 0.6) is 0 Å². The Morgan fingerprint density at radius 1 is 1.21 bits per heavy atom. The first kappa shape index (κ1) is 17.2. The molecule has 1 unspecified atom stereocenters. The Kier molecular flexibility index (Phi) is 8.24. The van der Waals surface area contributed by atoms with Crippen molar-refractivity contribution in [2.75, 3.05) is 6.61 Å². The largest absolute Gasteiger partial charge is 0.481 e. The number of hydrogen-bond acceptors (Lipinski definition) is 5. The van der Waals surface area contributed by atoms with E-state index in [0.717, 1.165) is 0 Å². The molecule has 0 bridgehead atoms. The molecule has 0 aliphatic rings. The monoisotopic (exact) mass is 272 g/mol. The molecule has 0 aliphatic heterocycles. The molecule has 0 aliphatic carbocycles. The lowest BCUT2D eigenvalue weighted by Gasteiger charge is -2.13. The summed E-state index contributed by atoms with van der Waals surface area (Å²) in [6.07, 6.45) is 0.566. The van der Waals surface area contributed by atoms with Gasteiger partial charge in [0.05, 0.1) is 0 Å². The maximum atomic E-state index is 11.3. The number of ether oxygens (including phenoxy) is 2. The molecule has 1 N–H and O–H groups in total. The number of unbranched alkanes of at least 4 members (excludes halogenated alkanes) is 1. The van der Waals surface area contributed by atoms with Gasteiger partial charge in [-0.1, -0.05) is 6.58 Å². The summed E-state index contributed by atoms with van der Waals surface area (Å²) in [6, 6.07) is 0. The van der Waals surface area contributed by atoms with Crippen molar-refractivity contribution in [2.45, 2.75) is 45.6 Å². The molecular weight excluding hydrogens is 252 g/mol. The van der Waals surface area contributed by atoms with E-state index >= 15 is 0 Å². The van der Waals surface area contributed by atoms with Crippen LogP contribution in [0.15, 0.2) is 12.2 Å². The smallest absolute Gasteiger partial charge is 0.333 e. The highest BCUT2D eigenvalue weighted by Gasteiger charge is 2.12. The first-order valence-corrected chi connectivity index (χ1v) is 6.06. The minimum Gasteiger partial charge on any atom is -0.481 e. The molecule has 0 rings (SSSR count). The molecule has 0 spiro atoms. The van der Waals surface area contributed by atoms with E-state index in [1.165, 1.54) is 6.92 Å². The van der Waals surface area contributed by atoms with Gasteiger partial charge in [-0.3, -0.25) is 9.59 Å². The number of esters is 2. The Hall–Kier alpha value is -1.85. The molecule has 0 aromatic carbocycles. The molecule has 0 fully saturated rings. The molecule has 0 saturated carbocycles. The lowest BCUT2D eigenvalue weighted by Crippen LogP contribution is -2.22. The lowest BCUT2D eigenvalue weighted by atomic mass is 10.2. The number of rotatable bonds is 9. The van der Waals surface area contributed by atoms with Gasteiger partial charge in [0.15, 0.2) is 0 Å². The fourth-order valence-corrected chi connectivity index (χ4v) is 1.15. The Morgan fingerprint density at radius 3 is 2.32 bits per heavy atom. The first-order chi connectivity index (χ1) is 8.82. The summed E-state index contributed by atoms with van der Waals surface area (Å²) < 4.78 is 9.82. The van der Waals surface area contributed by atoms with E-state index < -0.39 is 24.0 Å². The number of carbonyl (C=O) groups is 3. The van der Waals surface area contributed by atoms with E-state index in [4.69, 9.17) is 14.6 Å². The van der Waals surface area contributed by atoms with E-state index in [1.807, 2.05) is 0 Å². The Morgan fingerprint density at radius 2 is 1.79 bits per heavy atom. The average molecular weight is 272 g/mol. The van der Waals surface area contributed by atoms with E-state index in [2.05, 4.69) is 6.58 Å². The second kappa shape index (κ2) is 9.13. The molecule has 6 heteroatoms. The van der Waals surface area contributed by atoms with Crippen LogP contribution in [0.2, 0.25) is 0 Å². The van der Waals surface area contributed by atoms with Crippen LogP contribution in [0.3, 0.4) is 0 Å². The quantitative estimate of drug-likeness (QED) is 0.390. The van der Waals surface area contributed by atoms with E-state index in [9.17, 15) is 14.4 Å². The van der Waals surface area contributed by atoms with Crippen LogP contribution < -0.4 is 0 Å². The van der Waals surface area contributed by atoms with Crippen molar-refractivity contribution in [2.24, 2.45) is 0 Å². The molecular formula is C13H20O6. The predicted molar refractivity (Wildman–Crippen MR) is 67.4 cm³/mol. The van der Waals surface area contributed by atoms with Gasteiger partial charge in [0, 0.05) is 18.4 Å². The maximum Gasteiger partial charge on any atom is 0.333 e. The average Bonchev–Trinajstić information content (AvgIpc) is 2.31. The zero-order valence-electron chi connectivity index (χ0n) is 11.3. The summed E-state index contributed by atoms with van der Waals surface area (Å²) in [5, 5.41) is 8.41. The summed E-state index contributed by atoms with van der Waals surface area (Å²) in [5.41, 5.74) is 0.284. The van der Waals surface area contributed by atoms with Crippen LogP contribution in [0.4, 0.5) is 0 Å². The van der Waals surface area contributed by atoms with Crippen LogP contribution in [-0.4, -0.2) is 35.7 Å². The number of hydrogen-bond donors (Lipinski definition) is 1. The molecule has 0 radical (unpaired) electrons. The fraction of sp³-hybridized carbons (Fsp3) is 0.615. The summed E-state index contributed by atoms with van der Waals surface area (Å²) in [6.45, 7) is 6.56. The summed E-state index contributed by atoms with van der Waals surface area (Å²) in [4.78, 5) is 32.7. The highest BCUT2D eigenvalue weighted by atomic mass is 16.6. The molecule has 0 aromatic heterocycles. The zero-order chi connectivity index (χ0) is 14.8. The van der Waals surface area contributed by atoms with E-state index in [-0.39, 0.29) is 25.0 Å². The third-order valence-electron chi connectivity index (χ3n) is 2.16. The third-order valence-corrected chi connectivity index (χ3v) is 2.16. The van der Waals surface area contributed by atoms with Crippen molar-refractivity contribution in [3.63, 3.8) is 0 Å². The van der Waals surface area contributed by atoms with Crippen LogP contribution in [-0.2, 0) is 23.9 Å². The fourth-order valence-electron chi connectivity index (χ4n) is 1.15. The van der Waals surface area contributed by atoms with E-state index in [0.29, 0.717) is 12.8 Å². The molecule has 6 nitrogen and oxygen atoms in total. The van der Waals surface area contributed by atoms with Gasteiger partial charge in [-0.25, -0.2) is 4.79 Å². The van der Waals surface area contributed by atoms with Crippen LogP contribution in [0.1, 0.15) is 39.5 Å². The lowest BCUT2D eigenvalue weighted by molar-refractivity contribution is -0.155. The second-order valence-electron chi connectivity index (χ2n) is 4.28. The summed E-state index contributed by atoms with van der Waals surface area (Å²) >= 11 is 0. The van der Waals surface area contributed by atoms with Crippen molar-refractivity contribution in [1.82, 2.24) is 0 Å². The molecule has 19 heavy (non-hydrogen) atoms. The van der Waals surface area contributed by atoms with Gasteiger partial charge in [0.1, 0.15) is 12.7 Å². The van der Waals surface area contributed by atoms with Crippen LogP contribution >= 0.6 is 0 Å². The summed E-state index contributed by atoms with van der Waals surface area (Å²) in [7, 11) is 0. The molecule has 0 aromatic rings. The van der Waals surface area contributed by atoms with Crippen LogP contribution in [0.25, 0.3) is 0 Å². The molecule has 0 heterocycles. The van der Waals surface area contributed by atoms with E-state index in [1.54, 1.807) is 6.92 Å². The SMILES string of the molecule is C=C(C)C(=O)OC(C)COC(=O)CCCCC(=O)O. The predicted octanol–water partition coefficient (Wildman–Crippen LogP) is 1.68. The van der Waals surface area contributed by atoms with Crippen molar-refractivity contribution < 1.29 is 29.0 Å². The van der Waals surface area contributed by atoms with Gasteiger partial charge in [-0.2, -0.15) is 0 Å². The minimum absolute atomic E-state index is 0.0171. The van der Waals surface area contributed by atoms with Gasteiger partial charge in [-0.05, 0) is 26.7 Å². The Labute approximate surface area is 112 Å². The number of aliphatic carboxylic acids is 1. The Balaban J connectivity index is 3.69. The normalized spacial score (nSPS) is 11.5. The van der Waals surface area contributed by atoms with Gasteiger partial charge in [0.2, 0.25) is 0 Å². The summed E-state index contributed by atoms with van der Waals surface area (Å²) in [5.74, 6) is -1.83. The first-order valence-electron chi connectivity index (χ1n) is 6.06. The molecule has 0 saturated heterocycles. The van der Waals surface area contributed by atoms with Crippen molar-refractivity contribution >= 4 is 17.9 Å². The van der Waals surface area contributed by atoms with Gasteiger partial charge >= 0.3 is 17.9 Å². The molecule has 0 amide bonds. The number of carboxylic acid groups (broad SMARTS) is 1. The molecule has 1 atom stereocenters. The van der Waals surface area contributed by atoms with Gasteiger partial charge in [-0.15, -0.1) is 0 Å². The molecule has 108 valence electrons. The highest BCUT2D eigenvalue weighted by Crippen LogP contribution is 2.03. The Bertz CT molecular complexity index is 347. The van der Waals surface area contributed by atoms with Gasteiger partial charge < -0.3 is 14.6 Å². The zero-order valence-corrected chi connectivity index (χ0v) is 11.3. The van der Waals surface area contributed by atoms with Crippen molar-refractivity contribution in [3.05, 3.63) is 12.2 Å². The van der Waals surface area contributed by atoms with Crippen molar-refractivity contribution in [3.8, 4) is 0 Å². The second-order valence-corrected chi connectivity index (χ2v) is 4.28. The van der Waals surface area contributed by atoms with Crippen molar-refractivity contribution in [1.29, 1.82) is 0 Å².